The van der Waals surface area contributed by atoms with Crippen molar-refractivity contribution in [2.24, 2.45) is 5.92 Å². The van der Waals surface area contributed by atoms with Gasteiger partial charge in [-0.15, -0.1) is 0 Å². The number of hydrogen-bond donors (Lipinski definition) is 1. The van der Waals surface area contributed by atoms with Crippen LogP contribution in [0.5, 0.6) is 0 Å². The maximum absolute atomic E-state index is 13.8. The highest BCUT2D eigenvalue weighted by molar-refractivity contribution is 5.50. The minimum atomic E-state index is -0.480. The van der Waals surface area contributed by atoms with Crippen LogP contribution in [-0.4, -0.2) is 25.2 Å². The highest BCUT2D eigenvalue weighted by Crippen LogP contribution is 2.27. The Labute approximate surface area is 107 Å². The van der Waals surface area contributed by atoms with Crippen molar-refractivity contribution in [1.82, 2.24) is 5.32 Å². The summed E-state index contributed by atoms with van der Waals surface area (Å²) >= 11 is 0. The zero-order valence-electron chi connectivity index (χ0n) is 11.1. The predicted molar refractivity (Wildman–Crippen MR) is 69.8 cm³/mol. The fraction of sp³-hybridized carbons (Fsp3) is 0.571. The Hall–Kier alpha value is -1.16. The summed E-state index contributed by atoms with van der Waals surface area (Å²) < 4.78 is 27.7. The van der Waals surface area contributed by atoms with Crippen LogP contribution in [0.2, 0.25) is 0 Å². The minimum Gasteiger partial charge on any atom is -0.361 e. The van der Waals surface area contributed by atoms with E-state index >= 15 is 0 Å². The molecule has 1 fully saturated rings. The van der Waals surface area contributed by atoms with E-state index in [-0.39, 0.29) is 17.8 Å². The first-order chi connectivity index (χ1) is 8.50. The van der Waals surface area contributed by atoms with Gasteiger partial charge in [-0.2, -0.15) is 0 Å². The Morgan fingerprint density at radius 3 is 2.44 bits per heavy atom. The van der Waals surface area contributed by atoms with Gasteiger partial charge in [0.15, 0.2) is 0 Å². The van der Waals surface area contributed by atoms with E-state index in [0.29, 0.717) is 12.5 Å². The Morgan fingerprint density at radius 1 is 1.28 bits per heavy atom. The van der Waals surface area contributed by atoms with Gasteiger partial charge in [-0.05, 0) is 25.0 Å². The van der Waals surface area contributed by atoms with Gasteiger partial charge in [0.05, 0.1) is 0 Å². The van der Waals surface area contributed by atoms with Gasteiger partial charge in [-0.1, -0.05) is 19.9 Å². The molecule has 1 saturated heterocycles. The van der Waals surface area contributed by atoms with Crippen molar-refractivity contribution in [1.29, 1.82) is 0 Å². The smallest absolute Gasteiger partial charge is 0.149 e. The second-order valence-corrected chi connectivity index (χ2v) is 5.33. The van der Waals surface area contributed by atoms with Crippen LogP contribution in [0.15, 0.2) is 18.2 Å². The van der Waals surface area contributed by atoms with Crippen LogP contribution < -0.4 is 10.2 Å². The lowest BCUT2D eigenvalue weighted by Crippen LogP contribution is -2.57. The van der Waals surface area contributed by atoms with E-state index in [1.165, 1.54) is 18.2 Å². The fourth-order valence-corrected chi connectivity index (χ4v) is 2.41. The molecule has 0 saturated carbocycles. The molecular weight excluding hydrogens is 234 g/mol. The molecule has 100 valence electrons. The van der Waals surface area contributed by atoms with Crippen LogP contribution >= 0.6 is 0 Å². The summed E-state index contributed by atoms with van der Waals surface area (Å²) in [7, 11) is 0. The molecule has 0 radical (unpaired) electrons. The molecule has 0 aromatic heterocycles. The molecule has 1 aromatic rings. The van der Waals surface area contributed by atoms with Gasteiger partial charge in [0.2, 0.25) is 0 Å². The molecule has 2 unspecified atom stereocenters. The third-order valence-corrected chi connectivity index (χ3v) is 3.63. The molecule has 1 aliphatic rings. The van der Waals surface area contributed by atoms with Gasteiger partial charge >= 0.3 is 0 Å². The topological polar surface area (TPSA) is 15.3 Å². The van der Waals surface area contributed by atoms with E-state index in [4.69, 9.17) is 0 Å². The number of nitrogens with zero attached hydrogens (tertiary/aromatic N) is 1. The Kier molecular flexibility index (Phi) is 3.85. The van der Waals surface area contributed by atoms with E-state index in [1.54, 1.807) is 0 Å². The summed E-state index contributed by atoms with van der Waals surface area (Å²) in [5.74, 6) is -0.521. The average Bonchev–Trinajstić information content (AvgIpc) is 2.30. The molecule has 2 rings (SSSR count). The van der Waals surface area contributed by atoms with Crippen LogP contribution in [-0.2, 0) is 0 Å². The van der Waals surface area contributed by atoms with Crippen molar-refractivity contribution in [3.8, 4) is 0 Å². The molecule has 0 bridgehead atoms. The number of rotatable bonds is 2. The van der Waals surface area contributed by atoms with Gasteiger partial charge in [0, 0.05) is 25.2 Å². The van der Waals surface area contributed by atoms with Gasteiger partial charge < -0.3 is 10.2 Å². The van der Waals surface area contributed by atoms with Crippen LogP contribution in [0, 0.1) is 17.6 Å². The van der Waals surface area contributed by atoms with Gasteiger partial charge in [-0.25, -0.2) is 8.78 Å². The van der Waals surface area contributed by atoms with E-state index in [9.17, 15) is 8.78 Å². The third kappa shape index (κ3) is 2.48. The largest absolute Gasteiger partial charge is 0.361 e. The zero-order valence-corrected chi connectivity index (χ0v) is 11.1. The molecule has 18 heavy (non-hydrogen) atoms. The molecule has 0 spiro atoms. The number of piperazine rings is 1. The molecule has 2 atom stereocenters. The second-order valence-electron chi connectivity index (χ2n) is 5.33. The van der Waals surface area contributed by atoms with Crippen LogP contribution in [0.3, 0.4) is 0 Å². The van der Waals surface area contributed by atoms with Crippen molar-refractivity contribution in [3.05, 3.63) is 29.8 Å². The summed E-state index contributed by atoms with van der Waals surface area (Å²) in [6.07, 6.45) is 0. The van der Waals surface area contributed by atoms with Gasteiger partial charge in [0.25, 0.3) is 0 Å². The number of halogens is 2. The number of hydrogen-bond acceptors (Lipinski definition) is 2. The highest BCUT2D eigenvalue weighted by atomic mass is 19.1. The summed E-state index contributed by atoms with van der Waals surface area (Å²) in [4.78, 5) is 1.84. The fourth-order valence-electron chi connectivity index (χ4n) is 2.41. The van der Waals surface area contributed by atoms with E-state index < -0.39 is 11.6 Å². The lowest BCUT2D eigenvalue weighted by Gasteiger charge is -2.42. The summed E-state index contributed by atoms with van der Waals surface area (Å²) in [6.45, 7) is 7.59. The normalized spacial score (nSPS) is 24.7. The summed E-state index contributed by atoms with van der Waals surface area (Å²) in [5, 5.41) is 3.42. The van der Waals surface area contributed by atoms with Crippen molar-refractivity contribution >= 4 is 5.69 Å². The molecule has 4 heteroatoms. The van der Waals surface area contributed by atoms with Crippen molar-refractivity contribution < 1.29 is 8.78 Å². The second kappa shape index (κ2) is 5.22. The van der Waals surface area contributed by atoms with Crippen LogP contribution in [0.1, 0.15) is 20.8 Å². The van der Waals surface area contributed by atoms with Crippen molar-refractivity contribution in [3.63, 3.8) is 0 Å². The number of anilines is 1. The average molecular weight is 254 g/mol. The lowest BCUT2D eigenvalue weighted by molar-refractivity contribution is 0.332. The zero-order chi connectivity index (χ0) is 13.3. The van der Waals surface area contributed by atoms with E-state index in [0.717, 1.165) is 6.54 Å². The first kappa shape index (κ1) is 13.3. The standard InChI is InChI=1S/C14H20F2N2/c1-9(2)13-8-18(10(3)7-17-13)14-11(15)5-4-6-12(14)16/h4-6,9-10,13,17H,7-8H2,1-3H3. The quantitative estimate of drug-likeness (QED) is 0.873. The van der Waals surface area contributed by atoms with Gasteiger partial charge in [-0.3, -0.25) is 0 Å². The Morgan fingerprint density at radius 2 is 1.89 bits per heavy atom. The maximum Gasteiger partial charge on any atom is 0.149 e. The molecule has 0 amide bonds. The van der Waals surface area contributed by atoms with Crippen molar-refractivity contribution in [2.75, 3.05) is 18.0 Å². The Bertz CT molecular complexity index is 400. The number of nitrogens with one attached hydrogen (secondary N) is 1. The lowest BCUT2D eigenvalue weighted by atomic mass is 9.99. The maximum atomic E-state index is 13.8. The molecule has 1 aromatic carbocycles. The highest BCUT2D eigenvalue weighted by Gasteiger charge is 2.29. The number of benzene rings is 1. The van der Waals surface area contributed by atoms with Crippen LogP contribution in [0.25, 0.3) is 0 Å². The summed E-state index contributed by atoms with van der Waals surface area (Å²) in [5.41, 5.74) is 0.108. The first-order valence-corrected chi connectivity index (χ1v) is 6.44. The molecule has 1 aliphatic heterocycles. The molecule has 2 nitrogen and oxygen atoms in total. The first-order valence-electron chi connectivity index (χ1n) is 6.44. The Balaban J connectivity index is 2.30. The SMILES string of the molecule is CC(C)C1CN(c2c(F)cccc2F)C(C)CN1. The molecular formula is C14H20F2N2. The third-order valence-electron chi connectivity index (χ3n) is 3.63. The summed E-state index contributed by atoms with van der Waals surface area (Å²) in [6, 6.07) is 4.39. The van der Waals surface area contributed by atoms with Gasteiger partial charge in [0.1, 0.15) is 17.3 Å². The van der Waals surface area contributed by atoms with E-state index in [1.807, 2.05) is 11.8 Å². The van der Waals surface area contributed by atoms with E-state index in [2.05, 4.69) is 19.2 Å². The molecule has 0 aliphatic carbocycles. The number of para-hydroxylation sites is 1. The van der Waals surface area contributed by atoms with Crippen LogP contribution in [0.4, 0.5) is 14.5 Å². The predicted octanol–water partition coefficient (Wildman–Crippen LogP) is 2.79. The monoisotopic (exact) mass is 254 g/mol. The minimum absolute atomic E-state index is 0.0893. The molecule has 1 N–H and O–H groups in total. The molecule has 1 heterocycles. The van der Waals surface area contributed by atoms with Crippen molar-refractivity contribution in [2.45, 2.75) is 32.9 Å².